The minimum Gasteiger partial charge on any atom is -1.00 e. The predicted molar refractivity (Wildman–Crippen MR) is 79.3 cm³/mol. The molecule has 2 aliphatic rings. The Bertz CT molecular complexity index is 608. The van der Waals surface area contributed by atoms with Crippen LogP contribution in [-0.4, -0.2) is 48.7 Å². The zero-order chi connectivity index (χ0) is 16.7. The molecule has 5 nitrogen and oxygen atoms in total. The molecule has 3 rings (SSSR count). The highest BCUT2D eigenvalue weighted by molar-refractivity contribution is 5.56. The van der Waals surface area contributed by atoms with Crippen molar-refractivity contribution in [3.05, 3.63) is 33.9 Å². The molecule has 0 saturated carbocycles. The first kappa shape index (κ1) is 19.0. The van der Waals surface area contributed by atoms with Crippen molar-refractivity contribution in [2.75, 3.05) is 44.2 Å². The number of hydrogen-bond acceptors (Lipinski definition) is 3. The van der Waals surface area contributed by atoms with Crippen LogP contribution in [0.4, 0.5) is 24.5 Å². The average molecular weight is 410 g/mol. The van der Waals surface area contributed by atoms with E-state index in [1.54, 1.807) is 0 Å². The maximum atomic E-state index is 13.0. The lowest BCUT2D eigenvalue weighted by Crippen LogP contribution is -3.00. The Morgan fingerprint density at radius 3 is 2.12 bits per heavy atom. The molecule has 1 spiro atoms. The molecule has 0 aromatic heterocycles. The maximum Gasteiger partial charge on any atom is 0.416 e. The molecular formula is C15H19BrF3N3O2. The van der Waals surface area contributed by atoms with Crippen LogP contribution in [0.1, 0.15) is 18.4 Å². The smallest absolute Gasteiger partial charge is 0.416 e. The van der Waals surface area contributed by atoms with Crippen LogP contribution in [0.25, 0.3) is 0 Å². The Hall–Kier alpha value is -1.35. The summed E-state index contributed by atoms with van der Waals surface area (Å²) >= 11 is 0. The third-order valence-electron chi connectivity index (χ3n) is 5.01. The first-order chi connectivity index (χ1) is 10.8. The number of non-ortho nitro benzene ring substituents is 1. The van der Waals surface area contributed by atoms with E-state index < -0.39 is 22.4 Å². The van der Waals surface area contributed by atoms with Gasteiger partial charge in [0.15, 0.2) is 0 Å². The number of quaternary nitrogens is 1. The van der Waals surface area contributed by atoms with Gasteiger partial charge in [-0.15, -0.1) is 0 Å². The van der Waals surface area contributed by atoms with Gasteiger partial charge in [-0.05, 0) is 6.07 Å². The lowest BCUT2D eigenvalue weighted by atomic mass is 10.1. The summed E-state index contributed by atoms with van der Waals surface area (Å²) in [6, 6.07) is 2.86. The molecule has 1 aromatic rings. The number of anilines is 1. The molecule has 134 valence electrons. The predicted octanol–water partition coefficient (Wildman–Crippen LogP) is 0.0482. The van der Waals surface area contributed by atoms with Crippen molar-refractivity contribution >= 4 is 11.4 Å². The van der Waals surface area contributed by atoms with E-state index >= 15 is 0 Å². The van der Waals surface area contributed by atoms with Gasteiger partial charge in [0.05, 0.1) is 49.8 Å². The number of piperazine rings is 1. The Morgan fingerprint density at radius 1 is 1.04 bits per heavy atom. The lowest BCUT2D eigenvalue weighted by molar-refractivity contribution is -0.917. The van der Waals surface area contributed by atoms with E-state index in [0.717, 1.165) is 36.7 Å². The molecule has 0 bridgehead atoms. The van der Waals surface area contributed by atoms with E-state index in [9.17, 15) is 23.3 Å². The zero-order valence-electron chi connectivity index (χ0n) is 13.1. The number of rotatable bonds is 2. The summed E-state index contributed by atoms with van der Waals surface area (Å²) in [7, 11) is 0. The molecule has 2 aliphatic heterocycles. The fourth-order valence-electron chi connectivity index (χ4n) is 3.65. The second-order valence-corrected chi connectivity index (χ2v) is 6.42. The van der Waals surface area contributed by atoms with E-state index in [4.69, 9.17) is 0 Å². The van der Waals surface area contributed by atoms with Crippen LogP contribution >= 0.6 is 0 Å². The molecule has 0 unspecified atom stereocenters. The summed E-state index contributed by atoms with van der Waals surface area (Å²) in [5, 5.41) is 10.9. The zero-order valence-corrected chi connectivity index (χ0v) is 14.6. The molecular weight excluding hydrogens is 391 g/mol. The minimum atomic E-state index is -4.58. The Balaban J connectivity index is 0.00000208. The van der Waals surface area contributed by atoms with Crippen molar-refractivity contribution in [3.8, 4) is 0 Å². The lowest BCUT2D eigenvalue weighted by Gasteiger charge is -2.42. The van der Waals surface area contributed by atoms with Crippen molar-refractivity contribution in [1.82, 2.24) is 0 Å². The summed E-state index contributed by atoms with van der Waals surface area (Å²) in [6.07, 6.45) is -2.18. The summed E-state index contributed by atoms with van der Waals surface area (Å²) < 4.78 is 40.0. The van der Waals surface area contributed by atoms with E-state index in [1.165, 1.54) is 18.9 Å². The molecule has 2 heterocycles. The monoisotopic (exact) mass is 409 g/mol. The molecule has 2 saturated heterocycles. The van der Waals surface area contributed by atoms with Crippen LogP contribution < -0.4 is 21.9 Å². The number of alkyl halides is 3. The fraction of sp³-hybridized carbons (Fsp3) is 0.600. The quantitative estimate of drug-likeness (QED) is 0.393. The topological polar surface area (TPSA) is 46.4 Å². The second-order valence-electron chi connectivity index (χ2n) is 6.42. The number of nitrogens with zero attached hydrogens (tertiary/aromatic N) is 3. The van der Waals surface area contributed by atoms with Crippen molar-refractivity contribution in [2.45, 2.75) is 19.0 Å². The van der Waals surface area contributed by atoms with Gasteiger partial charge < -0.3 is 26.4 Å². The van der Waals surface area contributed by atoms with Crippen LogP contribution in [0.15, 0.2) is 18.2 Å². The SMILES string of the molecule is O=[N+]([O-])c1cc(N2CC[N+]3(CCCC3)CC2)cc(C(F)(F)F)c1.[Br-]. The first-order valence-electron chi connectivity index (χ1n) is 7.76. The van der Waals surface area contributed by atoms with Gasteiger partial charge in [0.2, 0.25) is 0 Å². The normalized spacial score (nSPS) is 20.0. The Morgan fingerprint density at radius 2 is 1.62 bits per heavy atom. The van der Waals surface area contributed by atoms with Gasteiger partial charge in [0.25, 0.3) is 5.69 Å². The maximum absolute atomic E-state index is 13.0. The van der Waals surface area contributed by atoms with Crippen molar-refractivity contribution < 1.29 is 39.6 Å². The van der Waals surface area contributed by atoms with Gasteiger partial charge >= 0.3 is 6.18 Å². The van der Waals surface area contributed by atoms with Gasteiger partial charge in [0, 0.05) is 30.7 Å². The summed E-state index contributed by atoms with van der Waals surface area (Å²) in [4.78, 5) is 12.0. The van der Waals surface area contributed by atoms with Crippen LogP contribution in [0.5, 0.6) is 0 Å². The van der Waals surface area contributed by atoms with Gasteiger partial charge in [-0.2, -0.15) is 13.2 Å². The largest absolute Gasteiger partial charge is 1.00 e. The number of halogens is 4. The highest BCUT2D eigenvalue weighted by Gasteiger charge is 2.37. The molecule has 0 atom stereocenters. The van der Waals surface area contributed by atoms with E-state index in [2.05, 4.69) is 0 Å². The Kier molecular flexibility index (Phi) is 5.44. The number of benzene rings is 1. The van der Waals surface area contributed by atoms with Crippen molar-refractivity contribution in [1.29, 1.82) is 0 Å². The molecule has 0 amide bonds. The van der Waals surface area contributed by atoms with Gasteiger partial charge in [-0.25, -0.2) is 0 Å². The molecule has 2 fully saturated rings. The third-order valence-corrected chi connectivity index (χ3v) is 5.01. The van der Waals surface area contributed by atoms with Crippen LogP contribution in [0.3, 0.4) is 0 Å². The van der Waals surface area contributed by atoms with E-state index in [-0.39, 0.29) is 17.0 Å². The van der Waals surface area contributed by atoms with Crippen molar-refractivity contribution in [3.63, 3.8) is 0 Å². The highest BCUT2D eigenvalue weighted by Crippen LogP contribution is 2.36. The van der Waals surface area contributed by atoms with Crippen molar-refractivity contribution in [2.24, 2.45) is 0 Å². The van der Waals surface area contributed by atoms with E-state index in [0.29, 0.717) is 24.8 Å². The second kappa shape index (κ2) is 6.87. The molecule has 24 heavy (non-hydrogen) atoms. The first-order valence-corrected chi connectivity index (χ1v) is 7.76. The minimum absolute atomic E-state index is 0. The third kappa shape index (κ3) is 3.83. The molecule has 0 N–H and O–H groups in total. The highest BCUT2D eigenvalue weighted by atomic mass is 79.9. The van der Waals surface area contributed by atoms with Crippen LogP contribution in [-0.2, 0) is 6.18 Å². The van der Waals surface area contributed by atoms with E-state index in [1.807, 2.05) is 4.90 Å². The molecule has 0 aliphatic carbocycles. The fourth-order valence-corrected chi connectivity index (χ4v) is 3.65. The van der Waals surface area contributed by atoms with Gasteiger partial charge in [0.1, 0.15) is 0 Å². The molecule has 9 heteroatoms. The summed E-state index contributed by atoms with van der Waals surface area (Å²) in [5.41, 5.74) is -1.17. The number of nitro groups is 1. The Labute approximate surface area is 148 Å². The van der Waals surface area contributed by atoms with Crippen LogP contribution in [0, 0.1) is 10.1 Å². The van der Waals surface area contributed by atoms with Gasteiger partial charge in [-0.1, -0.05) is 0 Å². The molecule has 1 aromatic carbocycles. The molecule has 0 radical (unpaired) electrons. The standard InChI is InChI=1S/C15H19F3N3O2.BrH/c16-15(17,18)12-9-13(11-14(10-12)20(22)23)19-3-7-21(8-4-19)5-1-2-6-21;/h9-11H,1-8H2;1H/q+1;/p-1. The number of hydrogen-bond donors (Lipinski definition) is 0. The summed E-state index contributed by atoms with van der Waals surface area (Å²) in [5.74, 6) is 0. The van der Waals surface area contributed by atoms with Crippen LogP contribution in [0.2, 0.25) is 0 Å². The van der Waals surface area contributed by atoms with Gasteiger partial charge in [-0.3, -0.25) is 10.1 Å². The number of nitro benzene ring substituents is 1. The summed E-state index contributed by atoms with van der Waals surface area (Å²) in [6.45, 7) is 5.33. The average Bonchev–Trinajstić information content (AvgIpc) is 2.95.